The number of aryl methyl sites for hydroxylation is 2. The Kier molecular flexibility index (Phi) is 6.92. The lowest BCUT2D eigenvalue weighted by Crippen LogP contribution is -2.67. The van der Waals surface area contributed by atoms with Gasteiger partial charge in [0.1, 0.15) is 5.75 Å². The molecule has 0 amide bonds. The third-order valence-electron chi connectivity index (χ3n) is 7.86. The van der Waals surface area contributed by atoms with Gasteiger partial charge in [-0.05, 0) is 79.3 Å². The lowest BCUT2D eigenvalue weighted by atomic mass is 9.74. The molecule has 36 heavy (non-hydrogen) atoms. The Morgan fingerprint density at radius 3 is 2.33 bits per heavy atom. The fourth-order valence-electron chi connectivity index (χ4n) is 5.97. The van der Waals surface area contributed by atoms with Crippen LogP contribution in [-0.4, -0.2) is 66.2 Å². The summed E-state index contributed by atoms with van der Waals surface area (Å²) in [6.07, 6.45) is 1.70. The van der Waals surface area contributed by atoms with Crippen LogP contribution in [0.5, 0.6) is 5.75 Å². The number of phenolic OH excluding ortho intramolecular Hbond substituents is 1. The predicted octanol–water partition coefficient (Wildman–Crippen LogP) is 4.29. The van der Waals surface area contributed by atoms with Crippen LogP contribution in [-0.2, 0) is 10.0 Å². The molecular weight excluding hydrogens is 472 g/mol. The second-order valence-corrected chi connectivity index (χ2v) is 11.9. The van der Waals surface area contributed by atoms with Gasteiger partial charge in [-0.25, -0.2) is 8.42 Å². The number of aliphatic hydroxyl groups excluding tert-OH is 1. The molecule has 3 aromatic carbocycles. The van der Waals surface area contributed by atoms with E-state index in [2.05, 4.69) is 29.2 Å². The quantitative estimate of drug-likeness (QED) is 0.540. The molecule has 0 saturated carbocycles. The molecule has 2 saturated heterocycles. The molecule has 7 heteroatoms. The Hall–Kier alpha value is -2.71. The third kappa shape index (κ3) is 4.45. The van der Waals surface area contributed by atoms with E-state index in [9.17, 15) is 18.6 Å². The molecule has 2 N–H and O–H groups in total. The number of nitrogens with zero attached hydrogens (tertiary/aromatic N) is 2. The molecule has 0 spiro atoms. The number of rotatable bonds is 5. The molecule has 3 aromatic rings. The van der Waals surface area contributed by atoms with Crippen molar-refractivity contribution < 1.29 is 18.6 Å². The van der Waals surface area contributed by atoms with Crippen LogP contribution >= 0.6 is 0 Å². The van der Waals surface area contributed by atoms with Crippen molar-refractivity contribution in [3.63, 3.8) is 0 Å². The minimum absolute atomic E-state index is 0.0162. The molecule has 3 atom stereocenters. The van der Waals surface area contributed by atoms with Gasteiger partial charge in [0.15, 0.2) is 0 Å². The maximum Gasteiger partial charge on any atom is 0.243 e. The van der Waals surface area contributed by atoms with Crippen LogP contribution in [0, 0.1) is 13.8 Å². The third-order valence-corrected chi connectivity index (χ3v) is 9.89. The predicted molar refractivity (Wildman–Crippen MR) is 142 cm³/mol. The first-order valence-corrected chi connectivity index (χ1v) is 14.1. The maximum atomic E-state index is 13.6. The van der Waals surface area contributed by atoms with Crippen molar-refractivity contribution in [3.05, 3.63) is 83.4 Å². The number of phenols is 1. The van der Waals surface area contributed by atoms with Crippen LogP contribution in [0.15, 0.2) is 71.6 Å². The largest absolute Gasteiger partial charge is 0.508 e. The Balaban J connectivity index is 1.44. The molecule has 5 rings (SSSR count). The zero-order valence-corrected chi connectivity index (χ0v) is 21.7. The van der Waals surface area contributed by atoms with Crippen LogP contribution < -0.4 is 0 Å². The van der Waals surface area contributed by atoms with Gasteiger partial charge in [0.2, 0.25) is 10.0 Å². The highest BCUT2D eigenvalue weighted by molar-refractivity contribution is 7.89. The minimum atomic E-state index is -3.61. The molecule has 6 nitrogen and oxygen atoms in total. The van der Waals surface area contributed by atoms with E-state index in [4.69, 9.17) is 0 Å². The molecule has 2 aliphatic heterocycles. The van der Waals surface area contributed by atoms with Gasteiger partial charge in [0.05, 0.1) is 11.5 Å². The van der Waals surface area contributed by atoms with Crippen molar-refractivity contribution in [2.24, 2.45) is 0 Å². The van der Waals surface area contributed by atoms with E-state index in [-0.39, 0.29) is 30.4 Å². The van der Waals surface area contributed by atoms with E-state index in [1.54, 1.807) is 28.6 Å². The van der Waals surface area contributed by atoms with Gasteiger partial charge in [-0.2, -0.15) is 4.31 Å². The maximum absolute atomic E-state index is 13.6. The van der Waals surface area contributed by atoms with Crippen molar-refractivity contribution in [3.8, 4) is 16.9 Å². The summed E-state index contributed by atoms with van der Waals surface area (Å²) in [6.45, 7) is 5.66. The van der Waals surface area contributed by atoms with Crippen LogP contribution in [0.2, 0.25) is 0 Å². The zero-order valence-electron chi connectivity index (χ0n) is 20.8. The molecular formula is C29H34N2O4S. The van der Waals surface area contributed by atoms with Crippen molar-refractivity contribution in [1.82, 2.24) is 9.21 Å². The summed E-state index contributed by atoms with van der Waals surface area (Å²) in [7, 11) is -3.61. The van der Waals surface area contributed by atoms with E-state index < -0.39 is 10.0 Å². The number of benzene rings is 3. The van der Waals surface area contributed by atoms with Crippen molar-refractivity contribution in [2.75, 3.05) is 26.2 Å². The number of aliphatic hydroxyl groups is 1. The Morgan fingerprint density at radius 1 is 0.917 bits per heavy atom. The molecule has 1 unspecified atom stereocenters. The fourth-order valence-corrected chi connectivity index (χ4v) is 7.69. The standard InChI is InChI=1S/C29H34N2O4S/c1-20-7-3-4-8-28(20)36(34,35)30-15-5-6-16-31-26(18-30)29(27(31)19-32)23-11-9-22(10-12-23)25-14-13-24(33)17-21(25)2/h3-4,7-14,17,26-27,29,32-33H,5-6,15-16,18-19H2,1-2H3/t26?,27-,29+/m1/s1. The van der Waals surface area contributed by atoms with Gasteiger partial charge in [0.25, 0.3) is 0 Å². The van der Waals surface area contributed by atoms with E-state index >= 15 is 0 Å². The van der Waals surface area contributed by atoms with Crippen LogP contribution in [0.1, 0.15) is 35.4 Å². The number of hydrogen-bond donors (Lipinski definition) is 2. The minimum Gasteiger partial charge on any atom is -0.508 e. The Labute approximate surface area is 213 Å². The molecule has 2 heterocycles. The molecule has 2 aliphatic rings. The van der Waals surface area contributed by atoms with Gasteiger partial charge < -0.3 is 10.2 Å². The van der Waals surface area contributed by atoms with Crippen LogP contribution in [0.25, 0.3) is 11.1 Å². The van der Waals surface area contributed by atoms with Crippen LogP contribution in [0.4, 0.5) is 0 Å². The molecule has 190 valence electrons. The average molecular weight is 507 g/mol. The molecule has 0 aromatic heterocycles. The number of fused-ring (bicyclic) bond motifs is 1. The Bertz CT molecular complexity index is 1340. The van der Waals surface area contributed by atoms with Crippen molar-refractivity contribution >= 4 is 10.0 Å². The van der Waals surface area contributed by atoms with E-state index in [0.717, 1.165) is 47.2 Å². The first kappa shape index (κ1) is 25.0. The monoisotopic (exact) mass is 506 g/mol. The van der Waals surface area contributed by atoms with Gasteiger partial charge in [-0.1, -0.05) is 48.5 Å². The smallest absolute Gasteiger partial charge is 0.243 e. The van der Waals surface area contributed by atoms with E-state index in [0.29, 0.717) is 18.0 Å². The summed E-state index contributed by atoms with van der Waals surface area (Å²) in [6, 6.07) is 20.9. The summed E-state index contributed by atoms with van der Waals surface area (Å²) in [5.74, 6) is 0.306. The van der Waals surface area contributed by atoms with Gasteiger partial charge >= 0.3 is 0 Å². The normalized spacial score (nSPS) is 23.4. The second-order valence-electron chi connectivity index (χ2n) is 10.0. The topological polar surface area (TPSA) is 81.1 Å². The SMILES string of the molecule is Cc1cc(O)ccc1-c1ccc([C@H]2C3CN(S(=O)(=O)c4ccccc4C)CCCCN3[C@@H]2CO)cc1. The fraction of sp³-hybridized carbons (Fsp3) is 0.379. The first-order valence-electron chi connectivity index (χ1n) is 12.6. The molecule has 2 fully saturated rings. The average Bonchev–Trinajstić information content (AvgIpc) is 2.83. The summed E-state index contributed by atoms with van der Waals surface area (Å²) in [5, 5.41) is 20.0. The molecule has 0 radical (unpaired) electrons. The number of sulfonamides is 1. The summed E-state index contributed by atoms with van der Waals surface area (Å²) < 4.78 is 28.9. The highest BCUT2D eigenvalue weighted by atomic mass is 32.2. The lowest BCUT2D eigenvalue weighted by molar-refractivity contribution is -0.0553. The Morgan fingerprint density at radius 2 is 1.64 bits per heavy atom. The van der Waals surface area contributed by atoms with E-state index in [1.807, 2.05) is 32.0 Å². The van der Waals surface area contributed by atoms with Gasteiger partial charge in [0, 0.05) is 31.1 Å². The first-order chi connectivity index (χ1) is 17.3. The number of hydrogen-bond acceptors (Lipinski definition) is 5. The highest BCUT2D eigenvalue weighted by Gasteiger charge is 2.50. The molecule has 0 bridgehead atoms. The summed E-state index contributed by atoms with van der Waals surface area (Å²) in [5.41, 5.74) is 5.01. The second kappa shape index (κ2) is 9.98. The van der Waals surface area contributed by atoms with Gasteiger partial charge in [-0.3, -0.25) is 4.90 Å². The number of aromatic hydroxyl groups is 1. The summed E-state index contributed by atoms with van der Waals surface area (Å²) >= 11 is 0. The summed E-state index contributed by atoms with van der Waals surface area (Å²) in [4.78, 5) is 2.67. The zero-order chi connectivity index (χ0) is 25.4. The van der Waals surface area contributed by atoms with Crippen LogP contribution in [0.3, 0.4) is 0 Å². The molecule has 0 aliphatic carbocycles. The van der Waals surface area contributed by atoms with Crippen molar-refractivity contribution in [2.45, 2.75) is 49.6 Å². The van der Waals surface area contributed by atoms with E-state index in [1.165, 1.54) is 0 Å². The lowest BCUT2D eigenvalue weighted by Gasteiger charge is -2.57. The van der Waals surface area contributed by atoms with Gasteiger partial charge in [-0.15, -0.1) is 0 Å². The van der Waals surface area contributed by atoms with Crippen molar-refractivity contribution in [1.29, 1.82) is 0 Å². The highest BCUT2D eigenvalue weighted by Crippen LogP contribution is 2.43.